The molecule has 13 heteroatoms. The minimum absolute atomic E-state index is 0. The fourth-order valence-electron chi connectivity index (χ4n) is 6.97. The largest absolute Gasteiger partial charge is 1.00 e. The van der Waals surface area contributed by atoms with E-state index in [1.807, 2.05) is 66.7 Å². The summed E-state index contributed by atoms with van der Waals surface area (Å²) in [4.78, 5) is 43.0. The zero-order chi connectivity index (χ0) is 48.6. The summed E-state index contributed by atoms with van der Waals surface area (Å²) >= 11 is 0. The van der Waals surface area contributed by atoms with Crippen LogP contribution in [-0.4, -0.2) is 35.6 Å². The summed E-state index contributed by atoms with van der Waals surface area (Å²) in [6.45, 7) is 13.3. The quantitative estimate of drug-likeness (QED) is 0.0595. The van der Waals surface area contributed by atoms with Gasteiger partial charge in [0.2, 0.25) is 0 Å². The first-order valence-corrected chi connectivity index (χ1v) is 23.8. The monoisotopic (exact) mass is 1050 g/mol. The van der Waals surface area contributed by atoms with Gasteiger partial charge in [-0.2, -0.15) is 0 Å². The van der Waals surface area contributed by atoms with Gasteiger partial charge in [-0.15, -0.1) is 0 Å². The van der Waals surface area contributed by atoms with Crippen molar-refractivity contribution >= 4 is 23.9 Å². The van der Waals surface area contributed by atoms with Crippen LogP contribution in [0.25, 0.3) is 0 Å². The molecule has 0 amide bonds. The maximum absolute atomic E-state index is 11.1. The van der Waals surface area contributed by atoms with E-state index in [9.17, 15) is 39.6 Å². The molecule has 0 heterocycles. The first kappa shape index (κ1) is 88.3. The Morgan fingerprint density at radius 2 is 0.836 bits per heavy atom. The topological polar surface area (TPSA) is 181 Å². The van der Waals surface area contributed by atoms with Gasteiger partial charge in [-0.1, -0.05) is 220 Å². The molecule has 0 aromatic heterocycles. The van der Waals surface area contributed by atoms with Gasteiger partial charge in [0, 0.05) is 29.2 Å². The van der Waals surface area contributed by atoms with Crippen LogP contribution in [0.15, 0.2) is 97.1 Å². The van der Waals surface area contributed by atoms with Crippen molar-refractivity contribution < 1.29 is 163 Å². The Balaban J connectivity index is -0.000000124. The van der Waals surface area contributed by atoms with Crippen LogP contribution in [0.2, 0.25) is 0 Å². The van der Waals surface area contributed by atoms with Gasteiger partial charge in [-0.3, -0.25) is 0 Å². The molecule has 1 N–H and O–H groups in total. The number of carbonyl (C=O) groups is 4. The van der Waals surface area contributed by atoms with E-state index in [2.05, 4.69) is 52.0 Å². The van der Waals surface area contributed by atoms with E-state index in [-0.39, 0.29) is 154 Å². The Kier molecular flexibility index (Phi) is 63.8. The Morgan fingerprint density at radius 1 is 0.479 bits per heavy atom. The van der Waals surface area contributed by atoms with Crippen LogP contribution < -0.4 is 139 Å². The number of aliphatic hydroxyl groups is 1. The SMILES string of the molecule is C.C.C.C.CCCCCc1cccc(C(C)(C)C(=O)[O-])c1.CCCCCc1cccc(C(C)C(=O)[O-])c1.CCCCCc1cccc(C(CO)C(=O)[O-])c1.CCCCc1cccc(CCC(=O)[O-])c1.[Na+].[Na+].[Na+].[Na+]. The number of hydrogen-bond donors (Lipinski definition) is 1. The summed E-state index contributed by atoms with van der Waals surface area (Å²) in [5, 5.41) is 52.0. The number of hydrogen-bond acceptors (Lipinski definition) is 9. The number of aliphatic carboxylic acids is 4. The van der Waals surface area contributed by atoms with Crippen LogP contribution in [0.5, 0.6) is 0 Å². The van der Waals surface area contributed by atoms with E-state index in [1.165, 1.54) is 68.1 Å². The van der Waals surface area contributed by atoms with Crippen molar-refractivity contribution in [3.05, 3.63) is 142 Å². The molecule has 0 bridgehead atoms. The van der Waals surface area contributed by atoms with Gasteiger partial charge in [0.05, 0.1) is 18.5 Å². The molecule has 2 unspecified atom stereocenters. The molecule has 0 fully saturated rings. The van der Waals surface area contributed by atoms with E-state index in [4.69, 9.17) is 5.11 Å². The zero-order valence-electron chi connectivity index (χ0n) is 44.3. The predicted octanol–water partition coefficient (Wildman–Crippen LogP) is -1.76. The van der Waals surface area contributed by atoms with Crippen molar-refractivity contribution in [2.24, 2.45) is 0 Å². The van der Waals surface area contributed by atoms with E-state index in [1.54, 1.807) is 26.8 Å². The molecule has 0 saturated heterocycles. The molecule has 0 spiro atoms. The van der Waals surface area contributed by atoms with Crippen LogP contribution in [0.1, 0.15) is 212 Å². The van der Waals surface area contributed by atoms with Crippen LogP contribution >= 0.6 is 0 Å². The Hall–Kier alpha value is -1.28. The first-order chi connectivity index (χ1) is 31.0. The van der Waals surface area contributed by atoms with Crippen molar-refractivity contribution in [2.75, 3.05) is 6.61 Å². The number of carboxylic acids is 4. The molecule has 0 saturated carbocycles. The van der Waals surface area contributed by atoms with Gasteiger partial charge >= 0.3 is 118 Å². The summed E-state index contributed by atoms with van der Waals surface area (Å²) in [5.74, 6) is -5.67. The molecule has 73 heavy (non-hydrogen) atoms. The van der Waals surface area contributed by atoms with Crippen LogP contribution in [-0.2, 0) is 56.7 Å². The molecule has 0 radical (unpaired) electrons. The number of aliphatic hydroxyl groups excluding tert-OH is 1. The van der Waals surface area contributed by atoms with Crippen LogP contribution in [0.3, 0.4) is 0 Å². The molecule has 4 aromatic rings. The van der Waals surface area contributed by atoms with Crippen LogP contribution in [0, 0.1) is 0 Å². The van der Waals surface area contributed by atoms with Gasteiger partial charge in [0.1, 0.15) is 0 Å². The third-order valence-electron chi connectivity index (χ3n) is 11.4. The first-order valence-electron chi connectivity index (χ1n) is 23.8. The number of carbonyl (C=O) groups excluding carboxylic acids is 4. The Morgan fingerprint density at radius 3 is 1.22 bits per heavy atom. The third-order valence-corrected chi connectivity index (χ3v) is 11.4. The minimum Gasteiger partial charge on any atom is -0.550 e. The average molecular weight is 1050 g/mol. The summed E-state index contributed by atoms with van der Waals surface area (Å²) in [7, 11) is 0. The molecule has 4 aromatic carbocycles. The number of carboxylic acid groups (broad SMARTS) is 4. The number of rotatable bonds is 25. The summed E-state index contributed by atoms with van der Waals surface area (Å²) < 4.78 is 0. The van der Waals surface area contributed by atoms with Gasteiger partial charge in [0.15, 0.2) is 0 Å². The smallest absolute Gasteiger partial charge is 0.550 e. The predicted molar refractivity (Wildman–Crippen MR) is 281 cm³/mol. The normalized spacial score (nSPS) is 10.4. The average Bonchev–Trinajstić information content (AvgIpc) is 3.29. The molecule has 9 nitrogen and oxygen atoms in total. The molecule has 2 atom stereocenters. The molecule has 4 rings (SSSR count). The van der Waals surface area contributed by atoms with Crippen LogP contribution in [0.4, 0.5) is 0 Å². The number of benzene rings is 4. The Bertz CT molecular complexity index is 1990. The molecule has 0 aliphatic carbocycles. The van der Waals surface area contributed by atoms with E-state index in [0.717, 1.165) is 67.2 Å². The number of unbranched alkanes of at least 4 members (excludes halogenated alkanes) is 7. The molecular weight excluding hydrogens is 957 g/mol. The molecule has 0 aliphatic rings. The van der Waals surface area contributed by atoms with Gasteiger partial charge in [-0.05, 0) is 109 Å². The molecular formula is C60H92Na4O9. The zero-order valence-corrected chi connectivity index (χ0v) is 52.3. The Labute approximate surface area is 533 Å². The van der Waals surface area contributed by atoms with Gasteiger partial charge < -0.3 is 44.7 Å². The van der Waals surface area contributed by atoms with Crippen molar-refractivity contribution in [2.45, 2.75) is 205 Å². The van der Waals surface area contributed by atoms with Gasteiger partial charge in [-0.25, -0.2) is 0 Å². The standard InChI is InChI=1S/C15H22O2.C14H20O3.C14H20O2.C13H18O2.4CH4.4Na/c1-4-5-6-8-12-9-7-10-13(11-12)15(2,3)14(16)17;1-2-3-4-6-11-7-5-8-12(9-11)13(10-15)14(16)17;1-3-4-5-7-12-8-6-9-13(10-12)11(2)14(15)16;1-2-3-5-11-6-4-7-12(10-11)8-9-13(14)15;;;;;;;;/h7,9-11H,4-6,8H2,1-3H3,(H,16,17);5,7-9,13,15H,2-4,6,10H2,1H3,(H,16,17);6,8-11H,3-5,7H2,1-2H3,(H,15,16);4,6-7,10H,2-3,5,8-9H2,1H3,(H,14,15);4*1H4;;;;/q;;;;;;;;4*+1/p-4. The maximum Gasteiger partial charge on any atom is 1.00 e. The van der Waals surface area contributed by atoms with E-state index < -0.39 is 47.7 Å². The minimum atomic E-state index is -1.22. The van der Waals surface area contributed by atoms with Crippen molar-refractivity contribution in [3.63, 3.8) is 0 Å². The fourth-order valence-corrected chi connectivity index (χ4v) is 6.97. The van der Waals surface area contributed by atoms with Crippen molar-refractivity contribution in [3.8, 4) is 0 Å². The van der Waals surface area contributed by atoms with E-state index >= 15 is 0 Å². The second kappa shape index (κ2) is 52.8. The number of aryl methyl sites for hydroxylation is 5. The molecule has 390 valence electrons. The third kappa shape index (κ3) is 38.8. The maximum atomic E-state index is 11.1. The van der Waals surface area contributed by atoms with Crippen molar-refractivity contribution in [1.82, 2.24) is 0 Å². The van der Waals surface area contributed by atoms with E-state index in [0.29, 0.717) is 12.0 Å². The van der Waals surface area contributed by atoms with Gasteiger partial charge in [0.25, 0.3) is 0 Å². The molecule has 0 aliphatic heterocycles. The fraction of sp³-hybridized carbons (Fsp3) is 0.533. The van der Waals surface area contributed by atoms with Crippen molar-refractivity contribution in [1.29, 1.82) is 0 Å². The second-order valence-electron chi connectivity index (χ2n) is 17.4. The summed E-state index contributed by atoms with van der Waals surface area (Å²) in [5.41, 5.74) is 7.32. The second-order valence-corrected chi connectivity index (χ2v) is 17.4. The summed E-state index contributed by atoms with van der Waals surface area (Å²) in [6.07, 6.45) is 17.7. The summed E-state index contributed by atoms with van der Waals surface area (Å²) in [6, 6.07) is 31.2.